The van der Waals surface area contributed by atoms with Gasteiger partial charge in [0.25, 0.3) is 5.91 Å². The van der Waals surface area contributed by atoms with Gasteiger partial charge in [0.2, 0.25) is 0 Å². The van der Waals surface area contributed by atoms with Crippen LogP contribution in [0.5, 0.6) is 0 Å². The number of pyridine rings is 2. The summed E-state index contributed by atoms with van der Waals surface area (Å²) in [5.41, 5.74) is 6.93. The summed E-state index contributed by atoms with van der Waals surface area (Å²) in [5.74, 6) is -1.34. The first-order valence-electron chi connectivity index (χ1n) is 18.7. The van der Waals surface area contributed by atoms with Gasteiger partial charge in [-0.2, -0.15) is 0 Å². The minimum absolute atomic E-state index is 0.262. The SMILES string of the molecule is O=C(Nc1cccc(-c2cccc(C=C(F)c3cc4c(cn3)CN(C3CCC3)CC4)c2Cl)c1Cl)c1cc(C2CC2)c(CN2CCCCC2C(=O)O)cn1. The van der Waals surface area contributed by atoms with Gasteiger partial charge in [-0.1, -0.05) is 66.4 Å². The van der Waals surface area contributed by atoms with E-state index in [2.05, 4.69) is 20.2 Å². The summed E-state index contributed by atoms with van der Waals surface area (Å²) in [6.07, 6.45) is 14.2. The van der Waals surface area contributed by atoms with Crippen molar-refractivity contribution in [3.05, 3.63) is 110 Å². The number of carboxylic acids is 1. The molecule has 2 aliphatic carbocycles. The number of piperidine rings is 1. The van der Waals surface area contributed by atoms with Crippen LogP contribution in [0.15, 0.2) is 60.9 Å². The maximum Gasteiger partial charge on any atom is 0.320 e. The Hall–Kier alpha value is -4.15. The molecule has 0 bridgehead atoms. The smallest absolute Gasteiger partial charge is 0.320 e. The fourth-order valence-electron chi connectivity index (χ4n) is 7.97. The number of nitrogens with zero attached hydrogens (tertiary/aromatic N) is 4. The number of halogens is 3. The fourth-order valence-corrected chi connectivity index (χ4v) is 8.53. The van der Waals surface area contributed by atoms with Gasteiger partial charge < -0.3 is 10.4 Å². The zero-order valence-electron chi connectivity index (χ0n) is 29.5. The van der Waals surface area contributed by atoms with Crippen molar-refractivity contribution in [2.45, 2.75) is 88.9 Å². The molecule has 2 aromatic heterocycles. The molecule has 0 spiro atoms. The highest BCUT2D eigenvalue weighted by molar-refractivity contribution is 6.39. The number of benzene rings is 2. The number of anilines is 1. The third-order valence-corrected chi connectivity index (χ3v) is 12.2. The van der Waals surface area contributed by atoms with Gasteiger partial charge in [0, 0.05) is 49.2 Å². The molecule has 1 saturated heterocycles. The van der Waals surface area contributed by atoms with E-state index < -0.39 is 23.7 Å². The lowest BCUT2D eigenvalue weighted by atomic mass is 9.89. The zero-order chi connectivity index (χ0) is 36.6. The number of likely N-dealkylation sites (tertiary alicyclic amines) is 1. The Labute approximate surface area is 319 Å². The first-order valence-corrected chi connectivity index (χ1v) is 19.4. The van der Waals surface area contributed by atoms with E-state index in [1.165, 1.54) is 30.9 Å². The lowest BCUT2D eigenvalue weighted by Crippen LogP contribution is -2.44. The molecule has 2 aromatic carbocycles. The number of aliphatic carboxylic acids is 1. The van der Waals surface area contributed by atoms with E-state index in [9.17, 15) is 14.7 Å². The molecule has 2 saturated carbocycles. The second-order valence-electron chi connectivity index (χ2n) is 14.8. The van der Waals surface area contributed by atoms with Crippen molar-refractivity contribution in [1.29, 1.82) is 0 Å². The van der Waals surface area contributed by atoms with Crippen LogP contribution in [0.1, 0.15) is 101 Å². The van der Waals surface area contributed by atoms with Crippen LogP contribution in [0.25, 0.3) is 23.0 Å². The summed E-state index contributed by atoms with van der Waals surface area (Å²) in [5, 5.41) is 13.3. The van der Waals surface area contributed by atoms with Gasteiger partial charge in [-0.25, -0.2) is 4.39 Å². The predicted octanol–water partition coefficient (Wildman–Crippen LogP) is 9.40. The number of carbonyl (C=O) groups excluding carboxylic acids is 1. The number of nitrogens with one attached hydrogen (secondary N) is 1. The summed E-state index contributed by atoms with van der Waals surface area (Å²) >= 11 is 13.8. The minimum Gasteiger partial charge on any atom is -0.480 e. The molecule has 4 aliphatic rings. The van der Waals surface area contributed by atoms with Crippen molar-refractivity contribution >= 4 is 52.7 Å². The van der Waals surface area contributed by atoms with Crippen molar-refractivity contribution in [2.75, 3.05) is 18.4 Å². The van der Waals surface area contributed by atoms with Gasteiger partial charge in [-0.3, -0.25) is 29.4 Å². The highest BCUT2D eigenvalue weighted by Gasteiger charge is 2.32. The van der Waals surface area contributed by atoms with Crippen molar-refractivity contribution in [1.82, 2.24) is 19.8 Å². The number of carbonyl (C=O) groups is 2. The first kappa shape index (κ1) is 35.9. The number of rotatable bonds is 10. The maximum atomic E-state index is 15.7. The highest BCUT2D eigenvalue weighted by Crippen LogP contribution is 2.43. The molecular weight excluding hydrogens is 712 g/mol. The Kier molecular flexibility index (Phi) is 10.4. The van der Waals surface area contributed by atoms with Crippen LogP contribution in [0.4, 0.5) is 10.1 Å². The van der Waals surface area contributed by atoms with E-state index >= 15 is 4.39 Å². The summed E-state index contributed by atoms with van der Waals surface area (Å²) in [6.45, 7) is 3.07. The summed E-state index contributed by atoms with van der Waals surface area (Å²) in [4.78, 5) is 39.0. The average Bonchev–Trinajstić information content (AvgIpc) is 3.99. The molecule has 2 aliphatic heterocycles. The Morgan fingerprint density at radius 1 is 0.887 bits per heavy atom. The molecule has 4 aromatic rings. The van der Waals surface area contributed by atoms with E-state index in [0.717, 1.165) is 68.4 Å². The third kappa shape index (κ3) is 7.63. The minimum atomic E-state index is -0.796. The highest BCUT2D eigenvalue weighted by atomic mass is 35.5. The first-order chi connectivity index (χ1) is 25.7. The molecule has 0 radical (unpaired) electrons. The van der Waals surface area contributed by atoms with Crippen molar-refractivity contribution in [3.63, 3.8) is 0 Å². The molecular formula is C42H42Cl2FN5O3. The Bertz CT molecular complexity index is 2100. The monoisotopic (exact) mass is 753 g/mol. The van der Waals surface area contributed by atoms with Crippen molar-refractivity contribution in [2.24, 2.45) is 0 Å². The van der Waals surface area contributed by atoms with Crippen LogP contribution in [-0.4, -0.2) is 61.9 Å². The molecule has 4 heterocycles. The fraction of sp³-hybridized carbons (Fsp3) is 0.381. The lowest BCUT2D eigenvalue weighted by Gasteiger charge is -2.40. The van der Waals surface area contributed by atoms with Crippen LogP contribution in [0, 0.1) is 0 Å². The lowest BCUT2D eigenvalue weighted by molar-refractivity contribution is -0.144. The molecule has 8 rings (SSSR count). The van der Waals surface area contributed by atoms with E-state index in [1.807, 2.05) is 35.4 Å². The van der Waals surface area contributed by atoms with Crippen LogP contribution in [-0.2, 0) is 24.3 Å². The Balaban J connectivity index is 0.995. The number of hydrogen-bond donors (Lipinski definition) is 2. The van der Waals surface area contributed by atoms with Gasteiger partial charge in [0.1, 0.15) is 17.6 Å². The summed E-state index contributed by atoms with van der Waals surface area (Å²) < 4.78 is 15.7. The van der Waals surface area contributed by atoms with Crippen LogP contribution in [0.3, 0.4) is 0 Å². The molecule has 1 amide bonds. The number of amides is 1. The Morgan fingerprint density at radius 3 is 2.42 bits per heavy atom. The zero-order valence-corrected chi connectivity index (χ0v) is 31.0. The number of fused-ring (bicyclic) bond motifs is 1. The van der Waals surface area contributed by atoms with Crippen LogP contribution in [0.2, 0.25) is 10.0 Å². The molecule has 274 valence electrons. The van der Waals surface area contributed by atoms with Gasteiger partial charge in [0.15, 0.2) is 0 Å². The average molecular weight is 755 g/mol. The topological polar surface area (TPSA) is 98.7 Å². The quantitative estimate of drug-likeness (QED) is 0.167. The maximum absolute atomic E-state index is 15.7. The predicted molar refractivity (Wildman–Crippen MR) is 207 cm³/mol. The van der Waals surface area contributed by atoms with E-state index in [-0.39, 0.29) is 11.4 Å². The van der Waals surface area contributed by atoms with Crippen LogP contribution < -0.4 is 5.32 Å². The van der Waals surface area contributed by atoms with E-state index in [1.54, 1.807) is 30.5 Å². The van der Waals surface area contributed by atoms with Crippen LogP contribution >= 0.6 is 23.2 Å². The largest absolute Gasteiger partial charge is 0.480 e. The third-order valence-electron chi connectivity index (χ3n) is 11.4. The molecule has 11 heteroatoms. The van der Waals surface area contributed by atoms with E-state index in [4.69, 9.17) is 23.2 Å². The number of hydrogen-bond acceptors (Lipinski definition) is 6. The molecule has 2 N–H and O–H groups in total. The second kappa shape index (κ2) is 15.3. The van der Waals surface area contributed by atoms with Crippen molar-refractivity contribution in [3.8, 4) is 11.1 Å². The van der Waals surface area contributed by atoms with Gasteiger partial charge in [-0.05, 0) is 110 Å². The van der Waals surface area contributed by atoms with E-state index in [0.29, 0.717) is 57.3 Å². The second-order valence-corrected chi connectivity index (χ2v) is 15.6. The standard InChI is InChI=1S/C42H42Cl2FN5O3/c43-39-27(18-34(45)36-19-26-15-17-49(30-7-4-8-30)23-28(26)21-46-36)6-3-9-31(39)32-10-5-11-35(40(32)44)48-41(51)37-20-33(25-13-14-25)29(22-47-37)24-50-16-2-1-12-38(50)42(52)53/h3,5-6,9-11,18-22,25,30,38H,1-2,4,7-8,12-17,23-24H2,(H,48,51)(H,52,53). The molecule has 8 nitrogen and oxygen atoms in total. The number of carboxylic acid groups (broad SMARTS) is 1. The summed E-state index contributed by atoms with van der Waals surface area (Å²) in [6, 6.07) is 14.5. The normalized spacial score (nSPS) is 19.8. The van der Waals surface area contributed by atoms with Gasteiger partial charge >= 0.3 is 5.97 Å². The molecule has 3 fully saturated rings. The molecule has 53 heavy (non-hydrogen) atoms. The Morgan fingerprint density at radius 2 is 1.66 bits per heavy atom. The van der Waals surface area contributed by atoms with Gasteiger partial charge in [-0.15, -0.1) is 0 Å². The molecule has 1 unspecified atom stereocenters. The van der Waals surface area contributed by atoms with Gasteiger partial charge in [0.05, 0.1) is 21.4 Å². The number of aromatic nitrogens is 2. The summed E-state index contributed by atoms with van der Waals surface area (Å²) in [7, 11) is 0. The molecule has 1 atom stereocenters. The van der Waals surface area contributed by atoms with Crippen molar-refractivity contribution < 1.29 is 19.1 Å².